The lowest BCUT2D eigenvalue weighted by atomic mass is 9.90. The van der Waals surface area contributed by atoms with E-state index in [-0.39, 0.29) is 0 Å². The highest BCUT2D eigenvalue weighted by Gasteiger charge is 2.23. The summed E-state index contributed by atoms with van der Waals surface area (Å²) in [7, 11) is 0. The van der Waals surface area contributed by atoms with Crippen molar-refractivity contribution in [3.05, 3.63) is 60.2 Å². The van der Waals surface area contributed by atoms with Crippen molar-refractivity contribution in [1.29, 1.82) is 0 Å². The van der Waals surface area contributed by atoms with Gasteiger partial charge in [-0.25, -0.2) is 4.98 Å². The van der Waals surface area contributed by atoms with E-state index in [2.05, 4.69) is 27.5 Å². The summed E-state index contributed by atoms with van der Waals surface area (Å²) >= 11 is 0. The first kappa shape index (κ1) is 15.0. The summed E-state index contributed by atoms with van der Waals surface area (Å²) in [6.45, 7) is 2.78. The molecule has 124 valence electrons. The highest BCUT2D eigenvalue weighted by atomic mass is 16.5. The Morgan fingerprint density at radius 1 is 1.12 bits per heavy atom. The summed E-state index contributed by atoms with van der Waals surface area (Å²) in [5.41, 5.74) is 3.92. The predicted octanol–water partition coefficient (Wildman–Crippen LogP) is 2.50. The molecule has 3 aromatic rings. The van der Waals surface area contributed by atoms with E-state index in [1.807, 2.05) is 35.3 Å². The van der Waals surface area contributed by atoms with Crippen LogP contribution < -0.4 is 5.32 Å². The number of nitrogens with zero attached hydrogens (tertiary/aromatic N) is 4. The molecule has 6 nitrogen and oxygen atoms in total. The summed E-state index contributed by atoms with van der Waals surface area (Å²) in [4.78, 5) is 5.43. The Labute approximate surface area is 140 Å². The van der Waals surface area contributed by atoms with Crippen LogP contribution in [0.25, 0.3) is 11.4 Å². The van der Waals surface area contributed by atoms with E-state index in [0.717, 1.165) is 54.3 Å². The Balaban J connectivity index is 1.60. The maximum Gasteiger partial charge on any atom is 0.119 e. The minimum absolute atomic E-state index is 0.418. The molecule has 2 aromatic heterocycles. The van der Waals surface area contributed by atoms with Gasteiger partial charge in [0.2, 0.25) is 0 Å². The van der Waals surface area contributed by atoms with Crippen molar-refractivity contribution >= 4 is 0 Å². The molecule has 0 bridgehead atoms. The first-order valence-corrected chi connectivity index (χ1v) is 8.35. The molecule has 1 aromatic carbocycles. The minimum atomic E-state index is 0.418. The number of benzene rings is 1. The van der Waals surface area contributed by atoms with Crippen molar-refractivity contribution in [2.24, 2.45) is 0 Å². The van der Waals surface area contributed by atoms with Crippen LogP contribution in [0.15, 0.2) is 49.1 Å². The fourth-order valence-corrected chi connectivity index (χ4v) is 3.37. The van der Waals surface area contributed by atoms with Crippen LogP contribution >= 0.6 is 0 Å². The van der Waals surface area contributed by atoms with Gasteiger partial charge in [0, 0.05) is 18.3 Å². The van der Waals surface area contributed by atoms with Crippen molar-refractivity contribution in [3.8, 4) is 11.4 Å². The Kier molecular flexibility index (Phi) is 4.04. The van der Waals surface area contributed by atoms with Gasteiger partial charge in [-0.05, 0) is 37.4 Å². The standard InChI is InChI=1S/C18H21N5O/c24-23-11-16(15-6-8-19-9-7-15)18(21-23)17-12-22(13-20-17)10-14-4-2-1-3-5-14/h1-5,11-13,15,19,24H,6-10H2. The molecule has 1 aliphatic rings. The summed E-state index contributed by atoms with van der Waals surface area (Å²) in [6, 6.07) is 10.3. The van der Waals surface area contributed by atoms with Crippen LogP contribution in [0.3, 0.4) is 0 Å². The zero-order valence-electron chi connectivity index (χ0n) is 13.5. The fourth-order valence-electron chi connectivity index (χ4n) is 3.37. The molecule has 0 radical (unpaired) electrons. The molecule has 1 fully saturated rings. The Bertz CT molecular complexity index is 802. The minimum Gasteiger partial charge on any atom is -0.412 e. The SMILES string of the molecule is On1cc(C2CCNCC2)c(-c2cn(Cc3ccccc3)cn2)n1. The highest BCUT2D eigenvalue weighted by molar-refractivity contribution is 5.58. The Hall–Kier alpha value is -2.60. The first-order valence-electron chi connectivity index (χ1n) is 8.35. The van der Waals surface area contributed by atoms with Crippen LogP contribution in [0.1, 0.15) is 29.9 Å². The van der Waals surface area contributed by atoms with E-state index < -0.39 is 0 Å². The third-order valence-corrected chi connectivity index (χ3v) is 4.59. The van der Waals surface area contributed by atoms with Gasteiger partial charge in [-0.2, -0.15) is 0 Å². The molecule has 0 atom stereocenters. The quantitative estimate of drug-likeness (QED) is 0.724. The molecule has 0 saturated carbocycles. The van der Waals surface area contributed by atoms with Gasteiger partial charge in [0.05, 0.1) is 12.5 Å². The van der Waals surface area contributed by atoms with E-state index in [4.69, 9.17) is 0 Å². The van der Waals surface area contributed by atoms with Crippen LogP contribution in [0.5, 0.6) is 0 Å². The normalized spacial score (nSPS) is 15.7. The summed E-state index contributed by atoms with van der Waals surface area (Å²) in [5, 5.41) is 17.4. The molecule has 4 rings (SSSR count). The lowest BCUT2D eigenvalue weighted by Gasteiger charge is -2.22. The van der Waals surface area contributed by atoms with Gasteiger partial charge < -0.3 is 15.1 Å². The van der Waals surface area contributed by atoms with Crippen LogP contribution in [0.4, 0.5) is 0 Å². The number of rotatable bonds is 4. The molecule has 24 heavy (non-hydrogen) atoms. The number of hydrogen-bond acceptors (Lipinski definition) is 4. The molecular formula is C18H21N5O. The van der Waals surface area contributed by atoms with E-state index in [0.29, 0.717) is 5.92 Å². The van der Waals surface area contributed by atoms with Crippen LogP contribution in [-0.4, -0.2) is 37.8 Å². The smallest absolute Gasteiger partial charge is 0.119 e. The first-order chi connectivity index (χ1) is 11.8. The van der Waals surface area contributed by atoms with Crippen molar-refractivity contribution in [3.63, 3.8) is 0 Å². The Morgan fingerprint density at radius 2 is 1.92 bits per heavy atom. The topological polar surface area (TPSA) is 67.9 Å². The maximum atomic E-state index is 9.82. The van der Waals surface area contributed by atoms with Crippen molar-refractivity contribution < 1.29 is 5.21 Å². The molecule has 0 aliphatic carbocycles. The second-order valence-electron chi connectivity index (χ2n) is 6.29. The third kappa shape index (κ3) is 3.05. The predicted molar refractivity (Wildman–Crippen MR) is 91.0 cm³/mol. The zero-order valence-corrected chi connectivity index (χ0v) is 13.5. The van der Waals surface area contributed by atoms with Crippen LogP contribution in [-0.2, 0) is 6.54 Å². The molecular weight excluding hydrogens is 302 g/mol. The second-order valence-corrected chi connectivity index (χ2v) is 6.29. The van der Waals surface area contributed by atoms with Gasteiger partial charge in [0.15, 0.2) is 0 Å². The summed E-state index contributed by atoms with van der Waals surface area (Å²) in [6.07, 6.45) is 7.67. The van der Waals surface area contributed by atoms with Crippen molar-refractivity contribution in [1.82, 2.24) is 24.8 Å². The molecule has 0 amide bonds. The van der Waals surface area contributed by atoms with Gasteiger partial charge in [-0.1, -0.05) is 30.3 Å². The highest BCUT2D eigenvalue weighted by Crippen LogP contribution is 2.32. The van der Waals surface area contributed by atoms with Crippen LogP contribution in [0.2, 0.25) is 0 Å². The molecule has 1 saturated heterocycles. The average Bonchev–Trinajstić information content (AvgIpc) is 3.23. The van der Waals surface area contributed by atoms with Crippen molar-refractivity contribution in [2.45, 2.75) is 25.3 Å². The van der Waals surface area contributed by atoms with Gasteiger partial charge in [0.1, 0.15) is 11.4 Å². The lowest BCUT2D eigenvalue weighted by molar-refractivity contribution is 0.149. The maximum absolute atomic E-state index is 9.82. The number of nitrogens with one attached hydrogen (secondary N) is 1. The fraction of sp³-hybridized carbons (Fsp3) is 0.333. The number of hydrogen-bond donors (Lipinski definition) is 2. The molecule has 2 N–H and O–H groups in total. The van der Waals surface area contributed by atoms with E-state index in [1.54, 1.807) is 6.20 Å². The molecule has 0 unspecified atom stereocenters. The van der Waals surface area contributed by atoms with Gasteiger partial charge in [0.25, 0.3) is 0 Å². The summed E-state index contributed by atoms with van der Waals surface area (Å²) in [5.74, 6) is 0.418. The second kappa shape index (κ2) is 6.49. The Morgan fingerprint density at radius 3 is 2.71 bits per heavy atom. The molecule has 1 aliphatic heterocycles. The van der Waals surface area contributed by atoms with Crippen molar-refractivity contribution in [2.75, 3.05) is 13.1 Å². The number of aromatic nitrogens is 4. The van der Waals surface area contributed by atoms with Gasteiger partial charge >= 0.3 is 0 Å². The molecule has 3 heterocycles. The van der Waals surface area contributed by atoms with E-state index >= 15 is 0 Å². The summed E-state index contributed by atoms with van der Waals surface area (Å²) < 4.78 is 2.05. The molecule has 0 spiro atoms. The monoisotopic (exact) mass is 323 g/mol. The lowest BCUT2D eigenvalue weighted by Crippen LogP contribution is -2.26. The van der Waals surface area contributed by atoms with E-state index in [9.17, 15) is 5.21 Å². The third-order valence-electron chi connectivity index (χ3n) is 4.59. The van der Waals surface area contributed by atoms with Gasteiger partial charge in [-0.3, -0.25) is 0 Å². The van der Waals surface area contributed by atoms with E-state index in [1.165, 1.54) is 5.56 Å². The zero-order chi connectivity index (χ0) is 16.4. The average molecular weight is 323 g/mol. The number of imidazole rings is 1. The van der Waals surface area contributed by atoms with Gasteiger partial charge in [-0.15, -0.1) is 9.94 Å². The largest absolute Gasteiger partial charge is 0.412 e. The molecule has 6 heteroatoms. The van der Waals surface area contributed by atoms with Crippen LogP contribution in [0, 0.1) is 0 Å². The number of piperidine rings is 1.